The molecule has 1 N–H and O–H groups in total. The van der Waals surface area contributed by atoms with Crippen molar-refractivity contribution in [3.8, 4) is 17.2 Å². The molecule has 42 heavy (non-hydrogen) atoms. The predicted molar refractivity (Wildman–Crippen MR) is 168 cm³/mol. The molecule has 2 saturated heterocycles. The van der Waals surface area contributed by atoms with E-state index in [1.54, 1.807) is 25.6 Å². The number of benzene rings is 2. The van der Waals surface area contributed by atoms with Gasteiger partial charge < -0.3 is 34.2 Å². The lowest BCUT2D eigenvalue weighted by molar-refractivity contribution is -0.105. The van der Waals surface area contributed by atoms with E-state index in [4.69, 9.17) is 14.2 Å². The van der Waals surface area contributed by atoms with Gasteiger partial charge in [-0.25, -0.2) is 9.97 Å². The third-order valence-electron chi connectivity index (χ3n) is 7.48. The summed E-state index contributed by atoms with van der Waals surface area (Å²) in [7, 11) is 3.86. The Labute approximate surface area is 250 Å². The smallest absolute Gasteiger partial charge is 0.211 e. The number of carbonyl (C=O) groups excluding carboxylic acids is 1. The summed E-state index contributed by atoms with van der Waals surface area (Å²) in [6, 6.07) is 11.3. The van der Waals surface area contributed by atoms with Gasteiger partial charge >= 0.3 is 0 Å². The Morgan fingerprint density at radius 2 is 1.69 bits per heavy atom. The van der Waals surface area contributed by atoms with Gasteiger partial charge in [0.2, 0.25) is 6.41 Å². The van der Waals surface area contributed by atoms with E-state index in [0.717, 1.165) is 78.8 Å². The molecule has 1 amide bonds. The minimum Gasteiger partial charge on any atom is -0.493 e. The van der Waals surface area contributed by atoms with Gasteiger partial charge in [-0.05, 0) is 83.6 Å². The molecule has 2 aliphatic rings. The van der Waals surface area contributed by atoms with E-state index in [0.29, 0.717) is 13.0 Å². The third-order valence-corrected chi connectivity index (χ3v) is 7.48. The van der Waals surface area contributed by atoms with Crippen LogP contribution in [0.25, 0.3) is 10.9 Å². The second-order valence-electron chi connectivity index (χ2n) is 11.1. The molecule has 10 nitrogen and oxygen atoms in total. The SMILES string of the molecule is CC(C)Oc1ccc(NC=O)cc1.COc1cc2c(N3CCN(C)CC3)ncnc2cc1OCCCN1CCCCC1. The van der Waals surface area contributed by atoms with Crippen molar-refractivity contribution in [1.29, 1.82) is 0 Å². The molecular formula is C32H46N6O4. The summed E-state index contributed by atoms with van der Waals surface area (Å²) in [5, 5.41) is 3.57. The number of amides is 1. The lowest BCUT2D eigenvalue weighted by atomic mass is 10.1. The van der Waals surface area contributed by atoms with Gasteiger partial charge in [0.1, 0.15) is 17.9 Å². The first-order valence-electron chi connectivity index (χ1n) is 15.0. The summed E-state index contributed by atoms with van der Waals surface area (Å²) in [6.07, 6.45) is 7.53. The van der Waals surface area contributed by atoms with Crippen molar-refractivity contribution in [2.24, 2.45) is 0 Å². The maximum absolute atomic E-state index is 10.1. The average molecular weight is 579 g/mol. The highest BCUT2D eigenvalue weighted by molar-refractivity contribution is 5.92. The quantitative estimate of drug-likeness (QED) is 0.257. The molecule has 2 fully saturated rings. The van der Waals surface area contributed by atoms with Gasteiger partial charge in [-0.15, -0.1) is 0 Å². The number of nitrogens with one attached hydrogen (secondary N) is 1. The highest BCUT2D eigenvalue weighted by Gasteiger charge is 2.19. The van der Waals surface area contributed by atoms with Gasteiger partial charge in [0.15, 0.2) is 11.5 Å². The van der Waals surface area contributed by atoms with E-state index < -0.39 is 0 Å². The normalized spacial score (nSPS) is 16.1. The zero-order valence-electron chi connectivity index (χ0n) is 25.6. The van der Waals surface area contributed by atoms with E-state index in [-0.39, 0.29) is 6.10 Å². The lowest BCUT2D eigenvalue weighted by Crippen LogP contribution is -2.44. The van der Waals surface area contributed by atoms with E-state index in [9.17, 15) is 4.79 Å². The van der Waals surface area contributed by atoms with Crippen LogP contribution >= 0.6 is 0 Å². The number of nitrogens with zero attached hydrogens (tertiary/aromatic N) is 5. The molecule has 0 aliphatic carbocycles. The fourth-order valence-electron chi connectivity index (χ4n) is 5.22. The van der Waals surface area contributed by atoms with Crippen LogP contribution in [0.15, 0.2) is 42.7 Å². The lowest BCUT2D eigenvalue weighted by Gasteiger charge is -2.33. The van der Waals surface area contributed by atoms with Crippen LogP contribution in [0.1, 0.15) is 39.5 Å². The van der Waals surface area contributed by atoms with Crippen molar-refractivity contribution in [3.63, 3.8) is 0 Å². The number of methoxy groups -OCH3 is 1. The van der Waals surface area contributed by atoms with E-state index in [1.165, 1.54) is 32.4 Å². The fraction of sp³-hybridized carbons (Fsp3) is 0.531. The van der Waals surface area contributed by atoms with Crippen LogP contribution in [-0.2, 0) is 4.79 Å². The molecule has 3 aromatic rings. The van der Waals surface area contributed by atoms with Crippen LogP contribution in [0.2, 0.25) is 0 Å². The topological polar surface area (TPSA) is 92.3 Å². The zero-order valence-corrected chi connectivity index (χ0v) is 25.6. The molecule has 5 rings (SSSR count). The van der Waals surface area contributed by atoms with E-state index in [1.807, 2.05) is 38.1 Å². The molecule has 2 aliphatic heterocycles. The minimum atomic E-state index is 0.171. The van der Waals surface area contributed by atoms with Crippen LogP contribution in [0.3, 0.4) is 0 Å². The second kappa shape index (κ2) is 16.1. The van der Waals surface area contributed by atoms with Crippen LogP contribution < -0.4 is 24.4 Å². The number of likely N-dealkylation sites (N-methyl/N-ethyl adjacent to an activating group) is 1. The first kappa shape index (κ1) is 31.3. The summed E-state index contributed by atoms with van der Waals surface area (Å²) in [6.45, 7) is 12.2. The van der Waals surface area contributed by atoms with Crippen LogP contribution in [0.5, 0.6) is 17.2 Å². The van der Waals surface area contributed by atoms with Gasteiger partial charge in [-0.2, -0.15) is 0 Å². The number of fused-ring (bicyclic) bond motifs is 1. The Hall–Kier alpha value is -3.63. The molecule has 10 heteroatoms. The van der Waals surface area contributed by atoms with Crippen LogP contribution in [0.4, 0.5) is 11.5 Å². The number of piperazine rings is 1. The first-order valence-corrected chi connectivity index (χ1v) is 15.0. The number of rotatable bonds is 11. The molecular weight excluding hydrogens is 532 g/mol. The second-order valence-corrected chi connectivity index (χ2v) is 11.1. The summed E-state index contributed by atoms with van der Waals surface area (Å²) >= 11 is 0. The van der Waals surface area contributed by atoms with Crippen LogP contribution in [0, 0.1) is 0 Å². The summed E-state index contributed by atoms with van der Waals surface area (Å²) < 4.78 is 17.2. The molecule has 0 spiro atoms. The van der Waals surface area contributed by atoms with Crippen molar-refractivity contribution >= 4 is 28.8 Å². The number of likely N-dealkylation sites (tertiary alicyclic amines) is 1. The largest absolute Gasteiger partial charge is 0.493 e. The number of aromatic nitrogens is 2. The molecule has 0 radical (unpaired) electrons. The number of hydrogen-bond acceptors (Lipinski definition) is 9. The number of carbonyl (C=O) groups is 1. The van der Waals surface area contributed by atoms with Crippen molar-refractivity contribution in [3.05, 3.63) is 42.7 Å². The van der Waals surface area contributed by atoms with Gasteiger partial charge in [0.25, 0.3) is 0 Å². The Morgan fingerprint density at radius 3 is 2.36 bits per heavy atom. The van der Waals surface area contributed by atoms with Gasteiger partial charge in [0, 0.05) is 49.9 Å². The first-order chi connectivity index (χ1) is 20.5. The highest BCUT2D eigenvalue weighted by atomic mass is 16.5. The van der Waals surface area contributed by atoms with E-state index in [2.05, 4.69) is 37.0 Å². The van der Waals surface area contributed by atoms with Gasteiger partial charge in [-0.1, -0.05) is 6.42 Å². The highest BCUT2D eigenvalue weighted by Crippen LogP contribution is 2.35. The Balaban J connectivity index is 0.000000262. The molecule has 1 aromatic heterocycles. The predicted octanol–water partition coefficient (Wildman–Crippen LogP) is 4.69. The van der Waals surface area contributed by atoms with Gasteiger partial charge in [-0.3, -0.25) is 4.79 Å². The monoisotopic (exact) mass is 578 g/mol. The Morgan fingerprint density at radius 1 is 0.952 bits per heavy atom. The molecule has 0 atom stereocenters. The maximum Gasteiger partial charge on any atom is 0.211 e. The number of piperidine rings is 1. The molecule has 0 bridgehead atoms. The van der Waals surface area contributed by atoms with E-state index >= 15 is 0 Å². The maximum atomic E-state index is 10.1. The number of ether oxygens (including phenoxy) is 3. The number of anilines is 2. The average Bonchev–Trinajstić information content (AvgIpc) is 3.01. The van der Waals surface area contributed by atoms with Crippen molar-refractivity contribution in [1.82, 2.24) is 19.8 Å². The van der Waals surface area contributed by atoms with Crippen molar-refractivity contribution in [2.75, 3.05) is 76.8 Å². The van der Waals surface area contributed by atoms with Crippen molar-refractivity contribution in [2.45, 2.75) is 45.6 Å². The summed E-state index contributed by atoms with van der Waals surface area (Å²) in [5.74, 6) is 3.31. The van der Waals surface area contributed by atoms with Gasteiger partial charge in [0.05, 0.1) is 25.3 Å². The minimum absolute atomic E-state index is 0.171. The summed E-state index contributed by atoms with van der Waals surface area (Å²) in [4.78, 5) is 26.4. The standard InChI is InChI=1S/C22H33N5O2.C10H13NO2/c1-25-10-12-27(13-11-25)22-18-15-20(28-2)21(16-19(18)23-17-24-22)29-14-6-9-26-7-4-3-5-8-26;1-8(2)13-10-5-3-9(4-6-10)11-7-12/h15-17H,3-14H2,1-2H3;3-8H,1-2H3,(H,11,12). The summed E-state index contributed by atoms with van der Waals surface area (Å²) in [5.41, 5.74) is 1.67. The molecule has 3 heterocycles. The molecule has 0 saturated carbocycles. The third kappa shape index (κ3) is 9.19. The zero-order chi connectivity index (χ0) is 29.7. The Bertz CT molecular complexity index is 1240. The number of hydrogen-bond donors (Lipinski definition) is 1. The molecule has 2 aromatic carbocycles. The molecule has 0 unspecified atom stereocenters. The van der Waals surface area contributed by atoms with Crippen LogP contribution in [-0.4, -0.2) is 98.9 Å². The Kier molecular flexibility index (Phi) is 12.0. The molecule has 228 valence electrons. The van der Waals surface area contributed by atoms with Crippen molar-refractivity contribution < 1.29 is 19.0 Å². The fourth-order valence-corrected chi connectivity index (χ4v) is 5.22.